The van der Waals surface area contributed by atoms with E-state index < -0.39 is 0 Å². The quantitative estimate of drug-likeness (QED) is 0.770. The molecule has 25 heavy (non-hydrogen) atoms. The van der Waals surface area contributed by atoms with Crippen LogP contribution in [0.5, 0.6) is 0 Å². The third-order valence-corrected chi connectivity index (χ3v) is 6.01. The van der Waals surface area contributed by atoms with E-state index in [0.29, 0.717) is 12.1 Å². The Balaban J connectivity index is 1.36. The van der Waals surface area contributed by atoms with Crippen molar-refractivity contribution in [2.75, 3.05) is 18.4 Å². The molecule has 0 radical (unpaired) electrons. The lowest BCUT2D eigenvalue weighted by atomic mass is 9.79. The fourth-order valence-corrected chi connectivity index (χ4v) is 4.49. The molecule has 2 N–H and O–H groups in total. The van der Waals surface area contributed by atoms with Crippen LogP contribution in [-0.2, 0) is 0 Å². The third kappa shape index (κ3) is 2.59. The molecule has 2 aromatic heterocycles. The van der Waals surface area contributed by atoms with Crippen LogP contribution in [0.1, 0.15) is 19.8 Å². The van der Waals surface area contributed by atoms with Crippen molar-refractivity contribution in [1.82, 2.24) is 20.1 Å². The Bertz CT molecular complexity index is 874. The number of nitrogens with one attached hydrogen (secondary N) is 2. The highest BCUT2D eigenvalue weighted by Gasteiger charge is 2.39. The molecular weight excluding hydrogens is 310 g/mol. The van der Waals surface area contributed by atoms with Crippen LogP contribution in [0.25, 0.3) is 22.2 Å². The number of benzene rings is 1. The van der Waals surface area contributed by atoms with E-state index in [0.717, 1.165) is 28.5 Å². The second kappa shape index (κ2) is 5.85. The molecule has 0 aliphatic carbocycles. The number of anilines is 1. The monoisotopic (exact) mass is 333 g/mol. The van der Waals surface area contributed by atoms with Crippen LogP contribution in [0, 0.1) is 5.92 Å². The van der Waals surface area contributed by atoms with Gasteiger partial charge in [0, 0.05) is 34.7 Å². The van der Waals surface area contributed by atoms with Crippen LogP contribution >= 0.6 is 0 Å². The first kappa shape index (κ1) is 14.9. The molecule has 3 aliphatic rings. The van der Waals surface area contributed by atoms with Gasteiger partial charge in [0.1, 0.15) is 5.82 Å². The fraction of sp³-hybridized carbons (Fsp3) is 0.400. The van der Waals surface area contributed by atoms with Crippen LogP contribution in [-0.4, -0.2) is 45.3 Å². The molecular formula is C20H23N5. The Kier molecular flexibility index (Phi) is 3.48. The van der Waals surface area contributed by atoms with E-state index in [-0.39, 0.29) is 0 Å². The summed E-state index contributed by atoms with van der Waals surface area (Å²) in [7, 11) is 0. The van der Waals surface area contributed by atoms with Crippen molar-refractivity contribution in [3.8, 4) is 11.3 Å². The Morgan fingerprint density at radius 3 is 2.72 bits per heavy atom. The first-order chi connectivity index (χ1) is 12.3. The molecule has 3 aliphatic heterocycles. The van der Waals surface area contributed by atoms with Gasteiger partial charge in [-0.15, -0.1) is 10.2 Å². The zero-order chi connectivity index (χ0) is 16.8. The van der Waals surface area contributed by atoms with Gasteiger partial charge in [0.15, 0.2) is 0 Å². The molecule has 2 atom stereocenters. The number of hydrogen-bond acceptors (Lipinski definition) is 4. The standard InChI is InChI=1S/C20H23N5/c1-13-20(14-7-10-25(13)11-8-14)22-19-5-4-18(23-24-19)15-2-3-17-16(12-15)6-9-21-17/h2-6,9,12-14,20-21H,7-8,10-11H2,1H3,(H,22,24)/t13-,20-/m1/s1. The van der Waals surface area contributed by atoms with E-state index in [2.05, 4.69) is 68.7 Å². The van der Waals surface area contributed by atoms with Crippen molar-refractivity contribution in [2.45, 2.75) is 31.8 Å². The van der Waals surface area contributed by atoms with Gasteiger partial charge in [0.2, 0.25) is 0 Å². The van der Waals surface area contributed by atoms with Gasteiger partial charge in [-0.2, -0.15) is 0 Å². The average Bonchev–Trinajstić information content (AvgIpc) is 3.13. The second-order valence-corrected chi connectivity index (χ2v) is 7.37. The Morgan fingerprint density at radius 2 is 1.96 bits per heavy atom. The molecule has 0 amide bonds. The van der Waals surface area contributed by atoms with Crippen LogP contribution in [0.4, 0.5) is 5.82 Å². The van der Waals surface area contributed by atoms with Crippen LogP contribution in [0.3, 0.4) is 0 Å². The molecule has 2 bridgehead atoms. The lowest BCUT2D eigenvalue weighted by Gasteiger charge is -2.50. The molecule has 0 saturated carbocycles. The number of hydrogen-bond donors (Lipinski definition) is 2. The van der Waals surface area contributed by atoms with Gasteiger partial charge in [-0.1, -0.05) is 6.07 Å². The average molecular weight is 333 g/mol. The lowest BCUT2D eigenvalue weighted by Crippen LogP contribution is -2.59. The fourth-order valence-electron chi connectivity index (χ4n) is 4.49. The minimum absolute atomic E-state index is 0.485. The normalized spacial score (nSPS) is 28.4. The zero-order valence-electron chi connectivity index (χ0n) is 14.4. The van der Waals surface area contributed by atoms with Gasteiger partial charge in [0.05, 0.1) is 5.69 Å². The molecule has 3 fully saturated rings. The molecule has 5 heteroatoms. The van der Waals surface area contributed by atoms with E-state index in [9.17, 15) is 0 Å². The molecule has 0 unspecified atom stereocenters. The first-order valence-corrected chi connectivity index (χ1v) is 9.20. The van der Waals surface area contributed by atoms with Crippen molar-refractivity contribution in [2.24, 2.45) is 5.92 Å². The Hall–Kier alpha value is -2.40. The number of fused-ring (bicyclic) bond motifs is 4. The third-order valence-electron chi connectivity index (χ3n) is 6.01. The summed E-state index contributed by atoms with van der Waals surface area (Å²) in [6, 6.07) is 13.6. The summed E-state index contributed by atoms with van der Waals surface area (Å²) in [6.07, 6.45) is 4.55. The van der Waals surface area contributed by atoms with Crippen LogP contribution < -0.4 is 5.32 Å². The summed E-state index contributed by atoms with van der Waals surface area (Å²) in [5, 5.41) is 13.7. The molecule has 128 valence electrons. The molecule has 3 saturated heterocycles. The molecule has 5 nitrogen and oxygen atoms in total. The molecule has 0 spiro atoms. The highest BCUT2D eigenvalue weighted by molar-refractivity contribution is 5.84. The number of nitrogens with zero attached hydrogens (tertiary/aromatic N) is 3. The van der Waals surface area contributed by atoms with E-state index in [1.54, 1.807) is 0 Å². The number of aromatic nitrogens is 3. The minimum Gasteiger partial charge on any atom is -0.364 e. The highest BCUT2D eigenvalue weighted by Crippen LogP contribution is 2.33. The molecule has 6 rings (SSSR count). The zero-order valence-corrected chi connectivity index (χ0v) is 14.4. The van der Waals surface area contributed by atoms with E-state index in [1.807, 2.05) is 6.20 Å². The van der Waals surface area contributed by atoms with Crippen molar-refractivity contribution >= 4 is 16.7 Å². The highest BCUT2D eigenvalue weighted by atomic mass is 15.2. The maximum Gasteiger partial charge on any atom is 0.148 e. The van der Waals surface area contributed by atoms with Crippen molar-refractivity contribution < 1.29 is 0 Å². The van der Waals surface area contributed by atoms with Crippen molar-refractivity contribution in [3.63, 3.8) is 0 Å². The smallest absolute Gasteiger partial charge is 0.148 e. The van der Waals surface area contributed by atoms with Gasteiger partial charge < -0.3 is 10.3 Å². The SMILES string of the molecule is C[C@@H]1[C@@H](Nc2ccc(-c3ccc4[nH]ccc4c3)nn2)C2CCN1CC2. The molecule has 5 heterocycles. The summed E-state index contributed by atoms with van der Waals surface area (Å²) >= 11 is 0. The minimum atomic E-state index is 0.485. The van der Waals surface area contributed by atoms with Gasteiger partial charge >= 0.3 is 0 Å². The number of rotatable bonds is 3. The first-order valence-electron chi connectivity index (χ1n) is 9.20. The van der Waals surface area contributed by atoms with Gasteiger partial charge in [-0.3, -0.25) is 4.90 Å². The van der Waals surface area contributed by atoms with Gasteiger partial charge in [-0.05, 0) is 69.1 Å². The van der Waals surface area contributed by atoms with Gasteiger partial charge in [0.25, 0.3) is 0 Å². The van der Waals surface area contributed by atoms with Gasteiger partial charge in [-0.25, -0.2) is 0 Å². The van der Waals surface area contributed by atoms with Crippen molar-refractivity contribution in [1.29, 1.82) is 0 Å². The topological polar surface area (TPSA) is 56.8 Å². The summed E-state index contributed by atoms with van der Waals surface area (Å²) in [5.41, 5.74) is 3.16. The summed E-state index contributed by atoms with van der Waals surface area (Å²) < 4.78 is 0. The van der Waals surface area contributed by atoms with E-state index in [4.69, 9.17) is 0 Å². The Morgan fingerprint density at radius 1 is 1.08 bits per heavy atom. The van der Waals surface area contributed by atoms with Crippen LogP contribution in [0.15, 0.2) is 42.6 Å². The van der Waals surface area contributed by atoms with Crippen molar-refractivity contribution in [3.05, 3.63) is 42.6 Å². The predicted octanol–water partition coefficient (Wildman–Crippen LogP) is 3.52. The van der Waals surface area contributed by atoms with E-state index >= 15 is 0 Å². The number of aromatic amines is 1. The second-order valence-electron chi connectivity index (χ2n) is 7.37. The summed E-state index contributed by atoms with van der Waals surface area (Å²) in [4.78, 5) is 5.81. The largest absolute Gasteiger partial charge is 0.364 e. The maximum atomic E-state index is 4.46. The van der Waals surface area contributed by atoms with Crippen LogP contribution in [0.2, 0.25) is 0 Å². The number of piperidine rings is 3. The van der Waals surface area contributed by atoms with E-state index in [1.165, 1.54) is 31.3 Å². The lowest BCUT2D eigenvalue weighted by molar-refractivity contribution is 0.0457. The molecule has 1 aromatic carbocycles. The predicted molar refractivity (Wildman–Crippen MR) is 100 cm³/mol. The Labute approximate surface area is 147 Å². The summed E-state index contributed by atoms with van der Waals surface area (Å²) in [5.74, 6) is 1.65. The summed E-state index contributed by atoms with van der Waals surface area (Å²) in [6.45, 7) is 4.82. The number of H-pyrrole nitrogens is 1. The molecule has 3 aromatic rings. The maximum absolute atomic E-state index is 4.46.